The van der Waals surface area contributed by atoms with Crippen molar-refractivity contribution in [1.82, 2.24) is 9.13 Å². The third-order valence-electron chi connectivity index (χ3n) is 11.1. The van der Waals surface area contributed by atoms with E-state index in [0.717, 1.165) is 49.9 Å². The van der Waals surface area contributed by atoms with Gasteiger partial charge in [-0.3, -0.25) is 0 Å². The summed E-state index contributed by atoms with van der Waals surface area (Å²) in [5, 5.41) is 4.82. The first-order valence-corrected chi connectivity index (χ1v) is 17.4. The predicted octanol–water partition coefficient (Wildman–Crippen LogP) is 12.6. The summed E-state index contributed by atoms with van der Waals surface area (Å²) in [6.45, 7) is 4.71. The van der Waals surface area contributed by atoms with E-state index in [-0.39, 0.29) is 5.41 Å². The standard InChI is InChI=1S/C47H32N2O/c1-47(2)39-17-9-6-14-33(39)36-28-43-37(27-40(36)47)34-15-7-10-18-41(34)48(43)32-23-20-29(21-24-32)30-22-25-42-38(26-30)46-45(35-16-8-11-19-44(35)50-46)49(42)31-12-4-3-5-13-31/h3-28H,1-2H3. The fourth-order valence-electron chi connectivity index (χ4n) is 8.74. The molecule has 3 heterocycles. The molecule has 0 saturated carbocycles. The Balaban J connectivity index is 1.08. The van der Waals surface area contributed by atoms with Crippen LogP contribution in [0.1, 0.15) is 25.0 Å². The zero-order valence-electron chi connectivity index (χ0n) is 27.8. The van der Waals surface area contributed by atoms with Crippen LogP contribution in [0.25, 0.3) is 88.4 Å². The van der Waals surface area contributed by atoms with Crippen LogP contribution in [0.15, 0.2) is 162 Å². The molecule has 1 aliphatic carbocycles. The van der Waals surface area contributed by atoms with E-state index in [1.54, 1.807) is 0 Å². The minimum Gasteiger partial charge on any atom is -0.454 e. The lowest BCUT2D eigenvalue weighted by atomic mass is 9.82. The maximum Gasteiger partial charge on any atom is 0.161 e. The Labute approximate surface area is 289 Å². The molecule has 3 aromatic heterocycles. The minimum absolute atomic E-state index is 0.0396. The van der Waals surface area contributed by atoms with Crippen molar-refractivity contribution in [3.8, 4) is 33.6 Å². The Morgan fingerprint density at radius 2 is 1.12 bits per heavy atom. The molecule has 0 saturated heterocycles. The second-order valence-electron chi connectivity index (χ2n) is 14.2. The van der Waals surface area contributed by atoms with Gasteiger partial charge in [-0.2, -0.15) is 0 Å². The van der Waals surface area contributed by atoms with Crippen LogP contribution >= 0.6 is 0 Å². The van der Waals surface area contributed by atoms with E-state index in [1.165, 1.54) is 49.6 Å². The number of rotatable bonds is 3. The Hall–Kier alpha value is -6.32. The zero-order chi connectivity index (χ0) is 33.1. The van der Waals surface area contributed by atoms with Crippen molar-refractivity contribution in [1.29, 1.82) is 0 Å². The Kier molecular flexibility index (Phi) is 5.45. The van der Waals surface area contributed by atoms with E-state index in [0.29, 0.717) is 0 Å². The monoisotopic (exact) mass is 640 g/mol. The van der Waals surface area contributed by atoms with Crippen molar-refractivity contribution in [3.63, 3.8) is 0 Å². The summed E-state index contributed by atoms with van der Waals surface area (Å²) in [5.41, 5.74) is 16.6. The maximum absolute atomic E-state index is 6.55. The fraction of sp³-hybridized carbons (Fsp3) is 0.0638. The van der Waals surface area contributed by atoms with Gasteiger partial charge in [-0.15, -0.1) is 0 Å². The van der Waals surface area contributed by atoms with Crippen LogP contribution in [0, 0.1) is 0 Å². The number of hydrogen-bond acceptors (Lipinski definition) is 1. The molecule has 0 N–H and O–H groups in total. The van der Waals surface area contributed by atoms with Gasteiger partial charge in [0.05, 0.1) is 16.6 Å². The predicted molar refractivity (Wildman–Crippen MR) is 208 cm³/mol. The molecule has 3 nitrogen and oxygen atoms in total. The SMILES string of the molecule is CC1(C)c2ccccc2-c2cc3c(cc21)c1ccccc1n3-c1ccc(-c2ccc3c(c2)c2oc4ccccc4c2n3-c2ccccc2)cc1. The summed E-state index contributed by atoms with van der Waals surface area (Å²) in [6, 6.07) is 57.3. The second kappa shape index (κ2) is 9.87. The van der Waals surface area contributed by atoms with Gasteiger partial charge in [-0.1, -0.05) is 105 Å². The molecular formula is C47H32N2O. The molecule has 3 heteroatoms. The molecule has 7 aromatic carbocycles. The van der Waals surface area contributed by atoms with E-state index in [1.807, 2.05) is 6.07 Å². The summed E-state index contributed by atoms with van der Waals surface area (Å²) < 4.78 is 11.3. The van der Waals surface area contributed by atoms with Gasteiger partial charge in [0.25, 0.3) is 0 Å². The van der Waals surface area contributed by atoms with Gasteiger partial charge in [-0.25, -0.2) is 0 Å². The van der Waals surface area contributed by atoms with Crippen molar-refractivity contribution >= 4 is 54.8 Å². The molecule has 0 spiro atoms. The van der Waals surface area contributed by atoms with Crippen LogP contribution in [0.2, 0.25) is 0 Å². The number of nitrogens with zero attached hydrogens (tertiary/aromatic N) is 2. The Bertz CT molecular complexity index is 2990. The third-order valence-corrected chi connectivity index (χ3v) is 11.1. The van der Waals surface area contributed by atoms with Gasteiger partial charge < -0.3 is 13.6 Å². The van der Waals surface area contributed by atoms with E-state index < -0.39 is 0 Å². The van der Waals surface area contributed by atoms with E-state index in [9.17, 15) is 0 Å². The second-order valence-corrected chi connectivity index (χ2v) is 14.2. The molecule has 10 aromatic rings. The largest absolute Gasteiger partial charge is 0.454 e. The smallest absolute Gasteiger partial charge is 0.161 e. The lowest BCUT2D eigenvalue weighted by Gasteiger charge is -2.21. The summed E-state index contributed by atoms with van der Waals surface area (Å²) >= 11 is 0. The molecule has 0 atom stereocenters. The van der Waals surface area contributed by atoms with E-state index >= 15 is 0 Å². The van der Waals surface area contributed by atoms with Gasteiger partial charge in [0.15, 0.2) is 5.58 Å². The van der Waals surface area contributed by atoms with Gasteiger partial charge in [-0.05, 0) is 100 Å². The molecule has 11 rings (SSSR count). The molecule has 0 amide bonds. The normalized spacial score (nSPS) is 13.6. The van der Waals surface area contributed by atoms with Crippen molar-refractivity contribution in [3.05, 3.63) is 169 Å². The highest BCUT2D eigenvalue weighted by Gasteiger charge is 2.36. The number of aromatic nitrogens is 2. The molecule has 0 unspecified atom stereocenters. The van der Waals surface area contributed by atoms with Gasteiger partial charge in [0.1, 0.15) is 11.1 Å². The van der Waals surface area contributed by atoms with Crippen LogP contribution in [0.5, 0.6) is 0 Å². The average Bonchev–Trinajstić information content (AvgIpc) is 3.86. The summed E-state index contributed by atoms with van der Waals surface area (Å²) in [7, 11) is 0. The lowest BCUT2D eigenvalue weighted by molar-refractivity contribution is 0.661. The number of fused-ring (bicyclic) bond motifs is 11. The first-order valence-electron chi connectivity index (χ1n) is 17.4. The molecule has 0 bridgehead atoms. The van der Waals surface area contributed by atoms with Crippen LogP contribution in [0.3, 0.4) is 0 Å². The van der Waals surface area contributed by atoms with Gasteiger partial charge in [0, 0.05) is 38.3 Å². The van der Waals surface area contributed by atoms with E-state index in [4.69, 9.17) is 4.42 Å². The van der Waals surface area contributed by atoms with Gasteiger partial charge in [0.2, 0.25) is 0 Å². The summed E-state index contributed by atoms with van der Waals surface area (Å²) in [4.78, 5) is 0. The first kappa shape index (κ1) is 27.6. The van der Waals surface area contributed by atoms with Gasteiger partial charge >= 0.3 is 0 Å². The highest BCUT2D eigenvalue weighted by atomic mass is 16.3. The first-order chi connectivity index (χ1) is 24.6. The lowest BCUT2D eigenvalue weighted by Crippen LogP contribution is -2.14. The maximum atomic E-state index is 6.55. The topological polar surface area (TPSA) is 23.0 Å². The molecule has 0 aliphatic heterocycles. The number of benzene rings is 7. The van der Waals surface area contributed by atoms with Crippen LogP contribution in [0.4, 0.5) is 0 Å². The Morgan fingerprint density at radius 3 is 1.98 bits per heavy atom. The van der Waals surface area contributed by atoms with Crippen LogP contribution in [-0.2, 0) is 5.41 Å². The fourth-order valence-corrected chi connectivity index (χ4v) is 8.74. The summed E-state index contributed by atoms with van der Waals surface area (Å²) in [6.07, 6.45) is 0. The number of para-hydroxylation sites is 3. The van der Waals surface area contributed by atoms with Crippen molar-refractivity contribution in [2.45, 2.75) is 19.3 Å². The molecule has 0 radical (unpaired) electrons. The van der Waals surface area contributed by atoms with Crippen LogP contribution < -0.4 is 0 Å². The van der Waals surface area contributed by atoms with Crippen molar-refractivity contribution < 1.29 is 4.42 Å². The highest BCUT2D eigenvalue weighted by Crippen LogP contribution is 2.51. The zero-order valence-corrected chi connectivity index (χ0v) is 27.8. The number of furan rings is 1. The van der Waals surface area contributed by atoms with Crippen LogP contribution in [-0.4, -0.2) is 9.13 Å². The molecular weight excluding hydrogens is 609 g/mol. The van der Waals surface area contributed by atoms with E-state index in [2.05, 4.69) is 175 Å². The third kappa shape index (κ3) is 3.64. The highest BCUT2D eigenvalue weighted by molar-refractivity contribution is 6.17. The number of hydrogen-bond donors (Lipinski definition) is 0. The molecule has 0 fully saturated rings. The van der Waals surface area contributed by atoms with Crippen molar-refractivity contribution in [2.75, 3.05) is 0 Å². The Morgan fingerprint density at radius 1 is 0.440 bits per heavy atom. The molecule has 236 valence electrons. The molecule has 50 heavy (non-hydrogen) atoms. The van der Waals surface area contributed by atoms with Crippen molar-refractivity contribution in [2.24, 2.45) is 0 Å². The summed E-state index contributed by atoms with van der Waals surface area (Å²) in [5.74, 6) is 0. The minimum atomic E-state index is -0.0396. The molecule has 1 aliphatic rings. The average molecular weight is 641 g/mol. The quantitative estimate of drug-likeness (QED) is 0.188.